The smallest absolute Gasteiger partial charge is 0.322 e. The zero-order valence-electron chi connectivity index (χ0n) is 14.2. The first kappa shape index (κ1) is 18.3. The molecule has 2 heterocycles. The van der Waals surface area contributed by atoms with Gasteiger partial charge in [-0.2, -0.15) is 0 Å². The number of aliphatic hydroxyl groups excluding tert-OH is 3. The van der Waals surface area contributed by atoms with E-state index in [1.165, 1.54) is 11.3 Å². The Labute approximate surface area is 158 Å². The topological polar surface area (TPSA) is 144 Å². The normalized spacial score (nSPS) is 33.9. The van der Waals surface area contributed by atoms with Gasteiger partial charge >= 0.3 is 6.03 Å². The third-order valence-corrected chi connectivity index (χ3v) is 6.27. The number of para-hydroxylation sites is 1. The van der Waals surface area contributed by atoms with Crippen molar-refractivity contribution in [1.82, 2.24) is 20.9 Å². The van der Waals surface area contributed by atoms with Crippen LogP contribution in [-0.2, 0) is 4.79 Å². The SMILES string of the molecule is O=C1NC(=O)C(c2nc3ccccc3s2)C(N[C@@H]2C[C@H](CO)[C@@H](O)[C@H]2O)N1. The lowest BCUT2D eigenvalue weighted by molar-refractivity contribution is -0.123. The van der Waals surface area contributed by atoms with Crippen LogP contribution in [0.2, 0.25) is 0 Å². The number of nitrogens with zero attached hydrogens (tertiary/aromatic N) is 1. The fourth-order valence-electron chi connectivity index (χ4n) is 3.72. The molecule has 9 nitrogen and oxygen atoms in total. The molecule has 1 aromatic carbocycles. The predicted octanol–water partition coefficient (Wildman–Crippen LogP) is -0.762. The Bertz CT molecular complexity index is 841. The van der Waals surface area contributed by atoms with E-state index in [-0.39, 0.29) is 6.61 Å². The molecule has 144 valence electrons. The summed E-state index contributed by atoms with van der Waals surface area (Å²) in [6.45, 7) is -0.255. The highest BCUT2D eigenvalue weighted by Gasteiger charge is 2.45. The van der Waals surface area contributed by atoms with Gasteiger partial charge in [-0.1, -0.05) is 12.1 Å². The van der Waals surface area contributed by atoms with Gasteiger partial charge in [-0.05, 0) is 18.6 Å². The number of carbonyl (C=O) groups is 2. The third kappa shape index (κ3) is 3.30. The molecular formula is C17H20N4O5S. The van der Waals surface area contributed by atoms with Crippen LogP contribution >= 0.6 is 11.3 Å². The molecule has 27 heavy (non-hydrogen) atoms. The maximum Gasteiger partial charge on any atom is 0.322 e. The average molecular weight is 392 g/mol. The molecule has 10 heteroatoms. The molecular weight excluding hydrogens is 372 g/mol. The lowest BCUT2D eigenvalue weighted by Crippen LogP contribution is -2.64. The van der Waals surface area contributed by atoms with Gasteiger partial charge < -0.3 is 20.6 Å². The van der Waals surface area contributed by atoms with Gasteiger partial charge in [0.15, 0.2) is 0 Å². The van der Waals surface area contributed by atoms with Gasteiger partial charge in [-0.25, -0.2) is 9.78 Å². The Morgan fingerprint density at radius 1 is 1.22 bits per heavy atom. The number of imide groups is 1. The lowest BCUT2D eigenvalue weighted by atomic mass is 10.0. The number of aromatic nitrogens is 1. The van der Waals surface area contributed by atoms with Crippen LogP contribution < -0.4 is 16.0 Å². The molecule has 1 saturated carbocycles. The summed E-state index contributed by atoms with van der Waals surface area (Å²) in [5.41, 5.74) is 0.762. The highest BCUT2D eigenvalue weighted by atomic mass is 32.1. The molecule has 6 atom stereocenters. The second-order valence-electron chi connectivity index (χ2n) is 6.87. The second kappa shape index (κ2) is 7.13. The number of thiazole rings is 1. The summed E-state index contributed by atoms with van der Waals surface area (Å²) < 4.78 is 0.924. The molecule has 4 rings (SSSR count). The summed E-state index contributed by atoms with van der Waals surface area (Å²) in [6, 6.07) is 6.27. The molecule has 6 N–H and O–H groups in total. The van der Waals surface area contributed by atoms with E-state index < -0.39 is 48.2 Å². The van der Waals surface area contributed by atoms with E-state index in [1.807, 2.05) is 24.3 Å². The van der Waals surface area contributed by atoms with E-state index in [1.54, 1.807) is 0 Å². The zero-order valence-corrected chi connectivity index (χ0v) is 15.0. The van der Waals surface area contributed by atoms with Crippen molar-refractivity contribution in [2.45, 2.75) is 36.8 Å². The molecule has 2 aromatic rings. The summed E-state index contributed by atoms with van der Waals surface area (Å²) in [4.78, 5) is 28.9. The molecule has 1 aliphatic heterocycles. The van der Waals surface area contributed by atoms with Crippen molar-refractivity contribution in [2.24, 2.45) is 5.92 Å². The monoisotopic (exact) mass is 392 g/mol. The number of rotatable bonds is 4. The summed E-state index contributed by atoms with van der Waals surface area (Å²) in [7, 11) is 0. The highest BCUT2D eigenvalue weighted by Crippen LogP contribution is 2.32. The van der Waals surface area contributed by atoms with Gasteiger partial charge in [0.2, 0.25) is 5.91 Å². The van der Waals surface area contributed by atoms with E-state index in [9.17, 15) is 24.9 Å². The first-order valence-corrected chi connectivity index (χ1v) is 9.49. The van der Waals surface area contributed by atoms with Crippen molar-refractivity contribution in [3.05, 3.63) is 29.3 Å². The number of hydrogen-bond donors (Lipinski definition) is 6. The fraction of sp³-hybridized carbons (Fsp3) is 0.471. The van der Waals surface area contributed by atoms with Crippen LogP contribution in [0.25, 0.3) is 10.2 Å². The Morgan fingerprint density at radius 3 is 2.70 bits per heavy atom. The largest absolute Gasteiger partial charge is 0.396 e. The van der Waals surface area contributed by atoms with Crippen molar-refractivity contribution in [3.8, 4) is 0 Å². The molecule has 2 aliphatic rings. The lowest BCUT2D eigenvalue weighted by Gasteiger charge is -2.33. The molecule has 2 fully saturated rings. The van der Waals surface area contributed by atoms with Crippen molar-refractivity contribution >= 4 is 33.5 Å². The van der Waals surface area contributed by atoms with E-state index in [4.69, 9.17) is 0 Å². The predicted molar refractivity (Wildman–Crippen MR) is 97.0 cm³/mol. The molecule has 0 radical (unpaired) electrons. The number of nitrogens with one attached hydrogen (secondary N) is 3. The Morgan fingerprint density at radius 2 is 2.00 bits per heavy atom. The maximum atomic E-state index is 12.5. The van der Waals surface area contributed by atoms with Crippen LogP contribution in [0.4, 0.5) is 4.79 Å². The Balaban J connectivity index is 1.62. The van der Waals surface area contributed by atoms with Crippen LogP contribution in [0.1, 0.15) is 17.3 Å². The number of fused-ring (bicyclic) bond motifs is 1. The van der Waals surface area contributed by atoms with Crippen molar-refractivity contribution in [1.29, 1.82) is 0 Å². The first-order chi connectivity index (χ1) is 13.0. The minimum atomic E-state index is -1.11. The van der Waals surface area contributed by atoms with Crippen molar-refractivity contribution in [3.63, 3.8) is 0 Å². The van der Waals surface area contributed by atoms with Gasteiger partial charge in [0, 0.05) is 18.6 Å². The number of hydrogen-bond acceptors (Lipinski definition) is 8. The van der Waals surface area contributed by atoms with Gasteiger partial charge in [0.1, 0.15) is 10.9 Å². The zero-order chi connectivity index (χ0) is 19.1. The summed E-state index contributed by atoms with van der Waals surface area (Å²) in [6.07, 6.45) is -2.66. The quantitative estimate of drug-likeness (QED) is 0.401. The van der Waals surface area contributed by atoms with Crippen LogP contribution in [0.3, 0.4) is 0 Å². The fourth-order valence-corrected chi connectivity index (χ4v) is 4.82. The summed E-state index contributed by atoms with van der Waals surface area (Å²) in [5, 5.41) is 38.1. The number of carbonyl (C=O) groups excluding carboxylic acids is 2. The number of aliphatic hydroxyl groups is 3. The summed E-state index contributed by atoms with van der Waals surface area (Å²) in [5.74, 6) is -1.73. The first-order valence-electron chi connectivity index (χ1n) is 8.68. The molecule has 0 spiro atoms. The molecule has 2 unspecified atom stereocenters. The van der Waals surface area contributed by atoms with Crippen LogP contribution in [-0.4, -0.2) is 63.3 Å². The molecule has 3 amide bonds. The highest BCUT2D eigenvalue weighted by molar-refractivity contribution is 7.18. The van der Waals surface area contributed by atoms with Gasteiger partial charge in [-0.15, -0.1) is 11.3 Å². The van der Waals surface area contributed by atoms with E-state index in [0.717, 1.165) is 10.2 Å². The molecule has 1 saturated heterocycles. The van der Waals surface area contributed by atoms with Crippen molar-refractivity contribution in [2.75, 3.05) is 6.61 Å². The Kier molecular flexibility index (Phi) is 4.82. The standard InChI is InChI=1S/C17H20N4O5S/c22-6-7-5-9(13(24)12(7)23)18-14-11(15(25)21-17(26)20-14)16-19-8-3-1-2-4-10(8)27-16/h1-4,7,9,11-14,18,22-24H,5-6H2,(H2,20,21,25,26)/t7-,9-,11?,12-,13+,14?/m1/s1. The second-order valence-corrected chi connectivity index (χ2v) is 7.93. The van der Waals surface area contributed by atoms with Crippen LogP contribution in [0, 0.1) is 5.92 Å². The number of urea groups is 1. The average Bonchev–Trinajstić information content (AvgIpc) is 3.17. The van der Waals surface area contributed by atoms with Crippen LogP contribution in [0.5, 0.6) is 0 Å². The summed E-state index contributed by atoms with van der Waals surface area (Å²) >= 11 is 1.36. The van der Waals surface area contributed by atoms with E-state index in [2.05, 4.69) is 20.9 Å². The van der Waals surface area contributed by atoms with Gasteiger partial charge in [-0.3, -0.25) is 15.4 Å². The minimum Gasteiger partial charge on any atom is -0.396 e. The third-order valence-electron chi connectivity index (χ3n) is 5.15. The van der Waals surface area contributed by atoms with Gasteiger partial charge in [0.05, 0.1) is 28.6 Å². The molecule has 1 aromatic heterocycles. The molecule has 1 aliphatic carbocycles. The van der Waals surface area contributed by atoms with Gasteiger partial charge in [0.25, 0.3) is 0 Å². The minimum absolute atomic E-state index is 0.255. The maximum absolute atomic E-state index is 12.5. The van der Waals surface area contributed by atoms with Crippen LogP contribution in [0.15, 0.2) is 24.3 Å². The van der Waals surface area contributed by atoms with E-state index >= 15 is 0 Å². The Hall–Kier alpha value is -2.11. The number of benzene rings is 1. The number of amides is 3. The van der Waals surface area contributed by atoms with Crippen molar-refractivity contribution < 1.29 is 24.9 Å². The molecule has 0 bridgehead atoms. The van der Waals surface area contributed by atoms with E-state index in [0.29, 0.717) is 11.4 Å².